The van der Waals surface area contributed by atoms with Crippen molar-refractivity contribution in [3.8, 4) is 55.6 Å². The normalized spacial score (nSPS) is 14.6. The summed E-state index contributed by atoms with van der Waals surface area (Å²) in [6, 6.07) is 42.2. The van der Waals surface area contributed by atoms with Crippen LogP contribution in [0.3, 0.4) is 0 Å². The number of aryl methyl sites for hydroxylation is 6. The van der Waals surface area contributed by atoms with Gasteiger partial charge in [0.25, 0.3) is 11.8 Å². The third-order valence-electron chi connectivity index (χ3n) is 27.0. The van der Waals surface area contributed by atoms with Gasteiger partial charge >= 0.3 is 42.0 Å². The molecule has 0 unspecified atom stereocenters. The van der Waals surface area contributed by atoms with Gasteiger partial charge in [0.1, 0.15) is 0 Å². The summed E-state index contributed by atoms with van der Waals surface area (Å²) in [5, 5.41) is 15.8. The van der Waals surface area contributed by atoms with Crippen LogP contribution in [0.15, 0.2) is 282 Å². The predicted molar refractivity (Wildman–Crippen MR) is 573 cm³/mol. The summed E-state index contributed by atoms with van der Waals surface area (Å²) in [5.41, 5.74) is 10.8. The van der Waals surface area contributed by atoms with Crippen molar-refractivity contribution < 1.29 is 81.0 Å². The molecule has 16 bridgehead atoms. The quantitative estimate of drug-likeness (QED) is 0.0228. The number of hydrogen-bond donors (Lipinski definition) is 7. The number of alkyl halides is 14. The minimum Gasteiger partial charge on any atom is -0.478 e. The molecule has 10 heterocycles. The third-order valence-corrected chi connectivity index (χ3v) is 27.0. The number of anilines is 2. The second-order valence-corrected chi connectivity index (χ2v) is 38.8. The molecule has 14 nitrogen and oxygen atoms in total. The number of aromatic nitrogens is 8. The molecule has 762 valence electrons. The largest absolute Gasteiger partial charge is 0.478 e. The van der Waals surface area contributed by atoms with E-state index < -0.39 is 121 Å². The fourth-order valence-electron chi connectivity index (χ4n) is 19.7. The van der Waals surface area contributed by atoms with E-state index in [2.05, 4.69) is 155 Å². The predicted octanol–water partition coefficient (Wildman–Crippen LogP) is 34.1. The maximum absolute atomic E-state index is 16.9. The Morgan fingerprint density at radius 3 is 1.09 bits per heavy atom. The van der Waals surface area contributed by atoms with Crippen LogP contribution in [0.4, 0.5) is 72.8 Å². The van der Waals surface area contributed by atoms with Crippen molar-refractivity contribution in [3.05, 3.63) is 395 Å². The number of carbonyl (C=O) groups is 3. The van der Waals surface area contributed by atoms with Gasteiger partial charge in [-0.05, 0) is 308 Å². The number of nitrogens with one attached hydrogen (secondary N) is 6. The van der Waals surface area contributed by atoms with Gasteiger partial charge < -0.3 is 35.7 Å². The second-order valence-electron chi connectivity index (χ2n) is 38.8. The number of carboxylic acids is 1. The summed E-state index contributed by atoms with van der Waals surface area (Å²) < 4.78 is 217. The monoisotopic (exact) mass is 2040 g/mol. The van der Waals surface area contributed by atoms with E-state index in [0.717, 1.165) is 115 Å². The first-order valence-electron chi connectivity index (χ1n) is 48.2. The van der Waals surface area contributed by atoms with E-state index in [0.29, 0.717) is 97.1 Å². The molecule has 0 spiro atoms. The zero-order valence-corrected chi connectivity index (χ0v) is 83.7. The van der Waals surface area contributed by atoms with Gasteiger partial charge in [0.15, 0.2) is 0 Å². The van der Waals surface area contributed by atoms with Crippen LogP contribution >= 0.6 is 0 Å². The molecule has 0 atom stereocenters. The summed E-state index contributed by atoms with van der Waals surface area (Å²) in [6.07, 6.45) is 29.4. The van der Waals surface area contributed by atoms with Crippen LogP contribution in [0.25, 0.3) is 154 Å². The van der Waals surface area contributed by atoms with Crippen molar-refractivity contribution in [2.75, 3.05) is 10.6 Å². The lowest BCUT2D eigenvalue weighted by Crippen LogP contribution is -2.50. The maximum atomic E-state index is 16.9. The lowest BCUT2D eigenvalue weighted by molar-refractivity contribution is -0.359. The number of hydrogen-bond acceptors (Lipinski definition) is 7. The Morgan fingerprint density at radius 1 is 0.353 bits per heavy atom. The fourth-order valence-corrected chi connectivity index (χ4v) is 19.7. The number of H-pyrrole nitrogens is 4. The molecule has 0 radical (unpaired) electrons. The van der Waals surface area contributed by atoms with Crippen molar-refractivity contribution in [1.82, 2.24) is 39.9 Å². The minimum absolute atomic E-state index is 0.116. The van der Waals surface area contributed by atoms with Gasteiger partial charge in [0.05, 0.1) is 84.4 Å². The average molecular weight is 2040 g/mol. The van der Waals surface area contributed by atoms with Crippen molar-refractivity contribution in [2.45, 2.75) is 145 Å². The van der Waals surface area contributed by atoms with E-state index in [1.54, 1.807) is 24.3 Å². The first-order chi connectivity index (χ1) is 71.0. The van der Waals surface area contributed by atoms with Crippen molar-refractivity contribution in [3.63, 3.8) is 0 Å². The number of amides is 2. The summed E-state index contributed by atoms with van der Waals surface area (Å²) >= 11 is 0. The molecular weight excluding hydrogens is 1940 g/mol. The molecule has 28 heteroatoms. The number of benzene rings is 6. The topological polar surface area (TPSA) is 210 Å². The molecule has 7 N–H and O–H groups in total. The standard InChI is InChI=1S/C122H102F14N10O4/c1-67(19-14-15-20-68(2)22-17-24-70(4)27-45-86-73(7)25-18-62-116(86,12)13)21-16-23-69(3)26-28-78-29-41-84(42-30-78)138-114(148)110-97-52-50-95(141-97)108(103-74(8)63-71(5)64-75(103)9)93-48-46-87(139-93)107(88-47-49-94(140-88)109(96-51-53-98(110)142-96)104-76(10)65-72(6)66-77(104)11)81-39-43-85(44-40-81)137-113(147)82-35-31-79(32-36-82)105-89-54-58-99(143-89)111(117(123,124)119(127,128)121(131,132)133)101-60-56-91(145-101)106(80-33-37-83(38-34-80)115(149)150)92-57-61-102(146-92)112(100-59-55-90(105)144-100)118(125,126)120(129,130)122(134,135)136/h14-17,19-24,26-61,63-66,139,142-143,146H,18,25,62H2,1-13H3,(H,137,147)(H,138,148)(H,149,150)/b15-14+,21-16+,22-17+,28-26+,45-27+,67-19+,68-20+,69-23+,70-24+,105-89?,105-90?,106-91?,106-92?,107-87?,107-88?,108-93?,108-95?,109-94?,109-96?,110-97?,110-98?,111-99?,111-101?,112-100?,112-102?. The van der Waals surface area contributed by atoms with Crippen LogP contribution in [0.1, 0.15) is 194 Å². The van der Waals surface area contributed by atoms with Crippen LogP contribution in [-0.2, 0) is 11.8 Å². The molecule has 17 rings (SSSR count). The average Bonchev–Trinajstić information content (AvgIpc) is 1.47. The zero-order valence-electron chi connectivity index (χ0n) is 83.7. The molecule has 5 aliphatic rings. The van der Waals surface area contributed by atoms with Gasteiger partial charge in [-0.25, -0.2) is 24.7 Å². The lowest BCUT2D eigenvalue weighted by Gasteiger charge is -2.32. The van der Waals surface area contributed by atoms with E-state index in [9.17, 15) is 41.0 Å². The Balaban J connectivity index is 0.702. The number of carbonyl (C=O) groups excluding carboxylic acids is 2. The SMILES string of the molecule is CC1=C(/C=C/C(C)=C/C=C/C(C)=C/C=C/C=C(C)/C=C/C=C(C)/C=C/c2ccc(NC(=O)c3c4nc(c(-c5c(C)cc(C)cc5C)c5ccc([nH]5)c(-c5ccc(NC(=O)c6ccc(-c7c8nc(c(C(F)(F)C(F)(F)C(F)(F)F)c9ccc([nH]9)c(-c9ccc(C(=O)O)cc9)c9nc(c(C(F)(F)C(F)(F)C(F)(F)F)c%10ccc7[nH]%10)C=C9)C=C8)cc6)cc5)c5nc(c(-c6c(C)cc(C)cc6C)c6ccc3[nH]6)C=C5)C=C4)cc2)C(C)(C)CCC1. The van der Waals surface area contributed by atoms with E-state index in [1.165, 1.54) is 60.2 Å². The molecule has 6 aromatic heterocycles. The van der Waals surface area contributed by atoms with Crippen molar-refractivity contribution in [2.24, 2.45) is 5.41 Å². The van der Waals surface area contributed by atoms with Crippen LogP contribution in [0.5, 0.6) is 0 Å². The Hall–Kier alpha value is -16.7. The molecule has 0 saturated carbocycles. The van der Waals surface area contributed by atoms with Gasteiger partial charge in [0.2, 0.25) is 0 Å². The van der Waals surface area contributed by atoms with Crippen LogP contribution in [-0.4, -0.2) is 87.0 Å². The summed E-state index contributed by atoms with van der Waals surface area (Å²) in [5.74, 6) is -28.9. The highest BCUT2D eigenvalue weighted by molar-refractivity contribution is 6.13. The highest BCUT2D eigenvalue weighted by Gasteiger charge is 2.75. The van der Waals surface area contributed by atoms with Crippen LogP contribution in [0.2, 0.25) is 0 Å². The Kier molecular flexibility index (Phi) is 28.8. The Labute approximate surface area is 855 Å². The summed E-state index contributed by atoms with van der Waals surface area (Å²) in [6.45, 7) is 27.3. The van der Waals surface area contributed by atoms with E-state index >= 15 is 39.9 Å². The highest BCUT2D eigenvalue weighted by atomic mass is 19.4. The van der Waals surface area contributed by atoms with Crippen molar-refractivity contribution in [1.29, 1.82) is 0 Å². The molecule has 0 fully saturated rings. The number of carboxylic acid groups (broad SMARTS) is 1. The molecule has 2 amide bonds. The fraction of sp³-hybridized carbons (Fsp3) is 0.189. The molecule has 0 saturated heterocycles. The smallest absolute Gasteiger partial charge is 0.460 e. The van der Waals surface area contributed by atoms with Crippen LogP contribution < -0.4 is 10.6 Å². The number of allylic oxidation sites excluding steroid dienone is 19. The van der Waals surface area contributed by atoms with Gasteiger partial charge in [-0.3, -0.25) is 9.59 Å². The summed E-state index contributed by atoms with van der Waals surface area (Å²) in [7, 11) is 0. The van der Waals surface area contributed by atoms with E-state index in [4.69, 9.17) is 9.97 Å². The number of halogens is 14. The van der Waals surface area contributed by atoms with E-state index in [1.807, 2.05) is 158 Å². The molecule has 6 aromatic carbocycles. The number of rotatable bonds is 24. The van der Waals surface area contributed by atoms with Gasteiger partial charge in [-0.1, -0.05) is 211 Å². The van der Waals surface area contributed by atoms with E-state index in [-0.39, 0.29) is 38.9 Å². The third kappa shape index (κ3) is 21.1. The Morgan fingerprint density at radius 2 is 0.673 bits per heavy atom. The molecule has 4 aliphatic heterocycles. The zero-order chi connectivity index (χ0) is 107. The summed E-state index contributed by atoms with van der Waals surface area (Å²) in [4.78, 5) is 73.5. The van der Waals surface area contributed by atoms with Crippen molar-refractivity contribution >= 4 is 128 Å². The highest BCUT2D eigenvalue weighted by Crippen LogP contribution is 2.57. The first-order valence-corrected chi connectivity index (χ1v) is 48.2. The van der Waals surface area contributed by atoms with Gasteiger partial charge in [-0.15, -0.1) is 0 Å². The molecule has 150 heavy (non-hydrogen) atoms. The van der Waals surface area contributed by atoms with Crippen LogP contribution in [0, 0.1) is 47.0 Å². The number of fused-ring (bicyclic) bond motifs is 16. The second kappa shape index (κ2) is 41.2. The molecule has 12 aromatic rings. The molecule has 1 aliphatic carbocycles. The minimum atomic E-state index is -6.94. The Bertz CT molecular complexity index is 8240. The lowest BCUT2D eigenvalue weighted by atomic mass is 9.72. The maximum Gasteiger partial charge on any atom is 0.460 e. The van der Waals surface area contributed by atoms with Gasteiger partial charge in [-0.2, -0.15) is 61.5 Å². The van der Waals surface area contributed by atoms with Gasteiger partial charge in [0, 0.05) is 72.3 Å². The molecular formula is C122H102F14N10O4. The number of aromatic amines is 4. The number of aromatic carboxylic acids is 1. The first kappa shape index (κ1) is 105. The number of nitrogens with zero attached hydrogens (tertiary/aromatic N) is 4.